The van der Waals surface area contributed by atoms with Crippen molar-refractivity contribution in [1.29, 1.82) is 0 Å². The number of benzene rings is 4. The van der Waals surface area contributed by atoms with Crippen LogP contribution < -0.4 is 10.6 Å². The number of piperidine rings is 2. The van der Waals surface area contributed by atoms with Gasteiger partial charge in [0.15, 0.2) is 0 Å². The molecule has 2 unspecified atom stereocenters. The van der Waals surface area contributed by atoms with E-state index in [0.717, 1.165) is 108 Å². The largest absolute Gasteiger partial charge is 0.454 e. The Morgan fingerprint density at radius 2 is 1.12 bits per heavy atom. The van der Waals surface area contributed by atoms with Crippen LogP contribution in [-0.4, -0.2) is 38.1 Å². The van der Waals surface area contributed by atoms with E-state index in [4.69, 9.17) is 9.47 Å². The Bertz CT molecular complexity index is 1910. The van der Waals surface area contributed by atoms with Crippen molar-refractivity contribution in [1.82, 2.24) is 10.6 Å². The van der Waals surface area contributed by atoms with E-state index in [9.17, 15) is 9.59 Å². The molecule has 0 saturated carbocycles. The van der Waals surface area contributed by atoms with E-state index < -0.39 is 11.2 Å². The van der Waals surface area contributed by atoms with Crippen LogP contribution in [-0.2, 0) is 36.7 Å². The lowest BCUT2D eigenvalue weighted by Crippen LogP contribution is -2.44. The van der Waals surface area contributed by atoms with Crippen LogP contribution in [0.2, 0.25) is 0 Å². The van der Waals surface area contributed by atoms with E-state index in [1.165, 1.54) is 66.3 Å². The molecule has 0 amide bonds. The second-order valence-electron chi connectivity index (χ2n) is 17.6. The van der Waals surface area contributed by atoms with E-state index in [0.29, 0.717) is 6.42 Å². The first-order chi connectivity index (χ1) is 29.0. The number of esters is 2. The molecular formula is C53H68N2O4. The highest BCUT2D eigenvalue weighted by molar-refractivity contribution is 5.82. The molecule has 2 heterocycles. The highest BCUT2D eigenvalue weighted by Crippen LogP contribution is 2.47. The van der Waals surface area contributed by atoms with Crippen molar-refractivity contribution < 1.29 is 19.1 Å². The predicted octanol–water partition coefficient (Wildman–Crippen LogP) is 11.7. The highest BCUT2D eigenvalue weighted by Gasteiger charge is 2.41. The highest BCUT2D eigenvalue weighted by atomic mass is 16.6. The van der Waals surface area contributed by atoms with Crippen LogP contribution in [0.1, 0.15) is 150 Å². The number of rotatable bonds is 21. The van der Waals surface area contributed by atoms with E-state index in [1.54, 1.807) is 0 Å². The third kappa shape index (κ3) is 10.9. The summed E-state index contributed by atoms with van der Waals surface area (Å²) in [6.45, 7) is 5.66. The first-order valence-electron chi connectivity index (χ1n) is 23.2. The van der Waals surface area contributed by atoms with Crippen molar-refractivity contribution in [2.75, 3.05) is 26.2 Å². The summed E-state index contributed by atoms with van der Waals surface area (Å²) in [4.78, 5) is 27.8. The van der Waals surface area contributed by atoms with Gasteiger partial charge in [-0.25, -0.2) is 0 Å². The minimum absolute atomic E-state index is 0.000475. The average molecular weight is 797 g/mol. The van der Waals surface area contributed by atoms with Crippen molar-refractivity contribution in [3.8, 4) is 11.1 Å². The maximum Gasteiger partial charge on any atom is 0.309 e. The van der Waals surface area contributed by atoms with Crippen molar-refractivity contribution in [2.24, 2.45) is 5.92 Å². The molecule has 4 aromatic rings. The van der Waals surface area contributed by atoms with Crippen LogP contribution in [0.3, 0.4) is 0 Å². The molecule has 2 aliphatic heterocycles. The predicted molar refractivity (Wildman–Crippen MR) is 239 cm³/mol. The summed E-state index contributed by atoms with van der Waals surface area (Å²) in [5.74, 6) is -0.124. The normalized spacial score (nSPS) is 18.4. The molecule has 0 aromatic heterocycles. The molecule has 3 aliphatic rings. The van der Waals surface area contributed by atoms with Gasteiger partial charge >= 0.3 is 11.9 Å². The van der Waals surface area contributed by atoms with E-state index >= 15 is 0 Å². The monoisotopic (exact) mass is 797 g/mol. The molecule has 2 N–H and O–H groups in total. The van der Waals surface area contributed by atoms with Crippen LogP contribution in [0.4, 0.5) is 0 Å². The fourth-order valence-corrected chi connectivity index (χ4v) is 10.1. The summed E-state index contributed by atoms with van der Waals surface area (Å²) in [5, 5.41) is 6.91. The molecule has 1 aliphatic carbocycles. The molecule has 314 valence electrons. The van der Waals surface area contributed by atoms with Gasteiger partial charge in [0.05, 0.1) is 12.3 Å². The Morgan fingerprint density at radius 3 is 1.75 bits per heavy atom. The van der Waals surface area contributed by atoms with Gasteiger partial charge in [0.25, 0.3) is 0 Å². The van der Waals surface area contributed by atoms with Crippen LogP contribution in [0.5, 0.6) is 0 Å². The quantitative estimate of drug-likeness (QED) is 0.0646. The zero-order valence-corrected chi connectivity index (χ0v) is 35.7. The van der Waals surface area contributed by atoms with Gasteiger partial charge in [0.2, 0.25) is 0 Å². The number of ether oxygens (including phenoxy) is 2. The molecular weight excluding hydrogens is 729 g/mol. The zero-order chi connectivity index (χ0) is 40.8. The summed E-state index contributed by atoms with van der Waals surface area (Å²) in [5.41, 5.74) is 7.47. The van der Waals surface area contributed by atoms with E-state index in [1.807, 2.05) is 24.3 Å². The number of hydrogen-bond acceptors (Lipinski definition) is 6. The maximum absolute atomic E-state index is 13.9. The Kier molecular flexibility index (Phi) is 15.5. The maximum atomic E-state index is 13.9. The molecule has 2 atom stereocenters. The third-order valence-electron chi connectivity index (χ3n) is 13.5. The number of fused-ring (bicyclic) bond motifs is 3. The molecule has 2 fully saturated rings. The number of carbonyl (C=O) groups excluding carboxylic acids is 2. The summed E-state index contributed by atoms with van der Waals surface area (Å²) < 4.78 is 13.1. The van der Waals surface area contributed by atoms with Gasteiger partial charge in [-0.2, -0.15) is 0 Å². The number of unbranched alkanes of at least 4 members (excludes halogenated alkanes) is 8. The van der Waals surface area contributed by atoms with E-state index in [-0.39, 0.29) is 23.8 Å². The smallest absolute Gasteiger partial charge is 0.309 e. The average Bonchev–Trinajstić information content (AvgIpc) is 3.58. The van der Waals surface area contributed by atoms with E-state index in [2.05, 4.69) is 96.4 Å². The molecule has 59 heavy (non-hydrogen) atoms. The summed E-state index contributed by atoms with van der Waals surface area (Å²) in [7, 11) is 0. The molecule has 6 nitrogen and oxygen atoms in total. The van der Waals surface area contributed by atoms with Crippen molar-refractivity contribution in [3.63, 3.8) is 0 Å². The SMILES string of the molecule is CCCCCCC(CCCCCCCCc1ccc2c(c1)C(CC(=O)OC1(c3ccccc3)CCNCC1)c1ccccc1-2)C(=O)OC1(c2ccccc2)CCNCC1. The summed E-state index contributed by atoms with van der Waals surface area (Å²) >= 11 is 0. The van der Waals surface area contributed by atoms with Crippen molar-refractivity contribution >= 4 is 11.9 Å². The zero-order valence-electron chi connectivity index (χ0n) is 35.7. The molecule has 0 bridgehead atoms. The van der Waals surface area contributed by atoms with Crippen LogP contribution in [0.25, 0.3) is 11.1 Å². The van der Waals surface area contributed by atoms with Crippen LogP contribution >= 0.6 is 0 Å². The topological polar surface area (TPSA) is 76.7 Å². The van der Waals surface area contributed by atoms with Gasteiger partial charge in [-0.15, -0.1) is 0 Å². The minimum atomic E-state index is -0.577. The number of nitrogens with one attached hydrogen (secondary N) is 2. The first kappa shape index (κ1) is 42.8. The lowest BCUT2D eigenvalue weighted by molar-refractivity contribution is -0.170. The lowest BCUT2D eigenvalue weighted by Gasteiger charge is -2.38. The standard InChI is InChI=1S/C53H68N2O4/c1-2-3-4-12-21-42(51(57)59-53(33-37-55-38-34-53)44-25-16-10-17-26-44)22-13-8-6-5-7-11-20-41-29-30-47-45-27-18-19-28-46(45)49(48(47)39-41)40-50(56)58-52(31-35-54-36-32-52)43-23-14-9-15-24-43/h9-10,14-19,23-30,39,42,49,54-55H,2-8,11-13,20-22,31-38,40H2,1H3. The summed E-state index contributed by atoms with van der Waals surface area (Å²) in [6.07, 6.45) is 18.1. The second-order valence-corrected chi connectivity index (χ2v) is 17.6. The number of aryl methyl sites for hydroxylation is 1. The molecule has 7 rings (SSSR count). The fraction of sp³-hybridized carbons (Fsp3) is 0.509. The van der Waals surface area contributed by atoms with Gasteiger partial charge < -0.3 is 20.1 Å². The Hall–Kier alpha value is -4.26. The number of hydrogen-bond donors (Lipinski definition) is 2. The molecule has 0 radical (unpaired) electrons. The van der Waals surface area contributed by atoms with Gasteiger partial charge in [0.1, 0.15) is 11.2 Å². The Labute approximate surface area is 354 Å². The van der Waals surface area contributed by atoms with Gasteiger partial charge in [0, 0.05) is 31.6 Å². The Morgan fingerprint density at radius 1 is 0.593 bits per heavy atom. The fourth-order valence-electron chi connectivity index (χ4n) is 10.1. The molecule has 0 spiro atoms. The molecule has 2 saturated heterocycles. The molecule has 4 aromatic carbocycles. The Balaban J connectivity index is 0.895. The van der Waals surface area contributed by atoms with Gasteiger partial charge in [-0.05, 0) is 90.8 Å². The minimum Gasteiger partial charge on any atom is -0.454 e. The number of carbonyl (C=O) groups is 2. The van der Waals surface area contributed by atoms with Crippen LogP contribution in [0, 0.1) is 5.92 Å². The molecule has 6 heteroatoms. The summed E-state index contributed by atoms with van der Waals surface area (Å²) in [6, 6.07) is 36.3. The first-order valence-corrected chi connectivity index (χ1v) is 23.2. The lowest BCUT2D eigenvalue weighted by atomic mass is 9.84. The van der Waals surface area contributed by atoms with Crippen molar-refractivity contribution in [2.45, 2.75) is 140 Å². The van der Waals surface area contributed by atoms with Gasteiger partial charge in [-0.1, -0.05) is 168 Å². The van der Waals surface area contributed by atoms with Crippen LogP contribution in [0.15, 0.2) is 103 Å². The van der Waals surface area contributed by atoms with Crippen molar-refractivity contribution in [3.05, 3.63) is 131 Å². The van der Waals surface area contributed by atoms with Gasteiger partial charge in [-0.3, -0.25) is 9.59 Å². The third-order valence-corrected chi connectivity index (χ3v) is 13.5. The second kappa shape index (κ2) is 21.3.